The van der Waals surface area contributed by atoms with E-state index in [0.717, 1.165) is 61.7 Å². The summed E-state index contributed by atoms with van der Waals surface area (Å²) in [6.45, 7) is 9.26. The summed E-state index contributed by atoms with van der Waals surface area (Å²) in [6.07, 6.45) is 4.68. The molecule has 0 radical (unpaired) electrons. The molecule has 0 amide bonds. The van der Waals surface area contributed by atoms with E-state index in [1.165, 1.54) is 5.57 Å². The Morgan fingerprint density at radius 3 is 2.83 bits per heavy atom. The molecule has 1 aromatic heterocycles. The van der Waals surface area contributed by atoms with Crippen molar-refractivity contribution in [3.63, 3.8) is 0 Å². The van der Waals surface area contributed by atoms with Crippen molar-refractivity contribution >= 4 is 17.4 Å². The van der Waals surface area contributed by atoms with Gasteiger partial charge in [0.2, 0.25) is 0 Å². The predicted molar refractivity (Wildman–Crippen MR) is 116 cm³/mol. The number of aliphatic hydroxyl groups is 1. The summed E-state index contributed by atoms with van der Waals surface area (Å²) in [7, 11) is 0. The van der Waals surface area contributed by atoms with Crippen LogP contribution in [0.25, 0.3) is 11.3 Å². The molecule has 6 nitrogen and oxygen atoms in total. The van der Waals surface area contributed by atoms with Crippen LogP contribution in [0.15, 0.2) is 30.5 Å². The molecule has 3 aliphatic rings. The SMILES string of the molecule is C=C1[C@H](C)OCC12CCN(c1ncc(-c3ccc4c(c3Cl)OCC4)nc1CO)CC2. The van der Waals surface area contributed by atoms with E-state index in [1.54, 1.807) is 6.20 Å². The quantitative estimate of drug-likeness (QED) is 0.752. The highest BCUT2D eigenvalue weighted by atomic mass is 35.5. The van der Waals surface area contributed by atoms with Crippen LogP contribution in [0.3, 0.4) is 0 Å². The second-order valence-electron chi connectivity index (χ2n) is 8.44. The summed E-state index contributed by atoms with van der Waals surface area (Å²) in [6, 6.07) is 3.98. The van der Waals surface area contributed by atoms with Gasteiger partial charge in [-0.1, -0.05) is 30.3 Å². The zero-order valence-corrected chi connectivity index (χ0v) is 17.9. The molecule has 1 N–H and O–H groups in total. The van der Waals surface area contributed by atoms with Gasteiger partial charge in [-0.2, -0.15) is 0 Å². The van der Waals surface area contributed by atoms with Gasteiger partial charge >= 0.3 is 0 Å². The first-order valence-electron chi connectivity index (χ1n) is 10.5. The van der Waals surface area contributed by atoms with Crippen LogP contribution in [0, 0.1) is 5.41 Å². The monoisotopic (exact) mass is 427 g/mol. The van der Waals surface area contributed by atoms with E-state index in [-0.39, 0.29) is 18.1 Å². The van der Waals surface area contributed by atoms with Crippen LogP contribution in [-0.4, -0.2) is 47.5 Å². The van der Waals surface area contributed by atoms with Crippen molar-refractivity contribution in [3.8, 4) is 17.0 Å². The van der Waals surface area contributed by atoms with Gasteiger partial charge in [-0.3, -0.25) is 0 Å². The highest BCUT2D eigenvalue weighted by Gasteiger charge is 2.44. The Morgan fingerprint density at radius 2 is 2.13 bits per heavy atom. The Morgan fingerprint density at radius 1 is 1.33 bits per heavy atom. The maximum atomic E-state index is 10.0. The van der Waals surface area contributed by atoms with Gasteiger partial charge in [-0.15, -0.1) is 0 Å². The molecule has 2 aromatic rings. The number of rotatable bonds is 3. The molecule has 1 spiro atoms. The van der Waals surface area contributed by atoms with Crippen LogP contribution in [0.5, 0.6) is 5.75 Å². The lowest BCUT2D eigenvalue weighted by molar-refractivity contribution is 0.0977. The van der Waals surface area contributed by atoms with Crippen LogP contribution in [0.4, 0.5) is 5.82 Å². The van der Waals surface area contributed by atoms with Crippen molar-refractivity contribution in [1.29, 1.82) is 0 Å². The number of halogens is 1. The van der Waals surface area contributed by atoms with Crippen molar-refractivity contribution < 1.29 is 14.6 Å². The molecule has 4 heterocycles. The lowest BCUT2D eigenvalue weighted by Gasteiger charge is -2.40. The minimum Gasteiger partial charge on any atom is -0.491 e. The number of ether oxygens (including phenoxy) is 2. The number of anilines is 1. The Balaban J connectivity index is 1.40. The molecular weight excluding hydrogens is 402 g/mol. The first-order chi connectivity index (χ1) is 14.5. The average Bonchev–Trinajstić information content (AvgIpc) is 3.36. The molecule has 0 bridgehead atoms. The predicted octanol–water partition coefficient (Wildman–Crippen LogP) is 3.79. The van der Waals surface area contributed by atoms with E-state index in [2.05, 4.69) is 23.4 Å². The molecule has 0 unspecified atom stereocenters. The number of hydrogen-bond acceptors (Lipinski definition) is 6. The number of aromatic nitrogens is 2. The van der Waals surface area contributed by atoms with Crippen LogP contribution < -0.4 is 9.64 Å². The molecule has 1 aromatic carbocycles. The Bertz CT molecular complexity index is 1000. The molecule has 5 rings (SSSR count). The fourth-order valence-electron chi connectivity index (χ4n) is 4.85. The van der Waals surface area contributed by atoms with E-state index in [1.807, 2.05) is 12.1 Å². The van der Waals surface area contributed by atoms with Crippen LogP contribution in [0.2, 0.25) is 5.02 Å². The molecule has 7 heteroatoms. The lowest BCUT2D eigenvalue weighted by Crippen LogP contribution is -2.42. The number of fused-ring (bicyclic) bond motifs is 1. The zero-order valence-electron chi connectivity index (χ0n) is 17.2. The molecule has 158 valence electrons. The molecule has 30 heavy (non-hydrogen) atoms. The van der Waals surface area contributed by atoms with Crippen molar-refractivity contribution in [2.75, 3.05) is 31.2 Å². The van der Waals surface area contributed by atoms with E-state index in [4.69, 9.17) is 26.1 Å². The van der Waals surface area contributed by atoms with Gasteiger partial charge in [0.05, 0.1) is 42.8 Å². The second-order valence-corrected chi connectivity index (χ2v) is 8.82. The second kappa shape index (κ2) is 7.52. The van der Waals surface area contributed by atoms with Crippen molar-refractivity contribution in [2.24, 2.45) is 5.41 Å². The van der Waals surface area contributed by atoms with Gasteiger partial charge in [0, 0.05) is 30.5 Å². The van der Waals surface area contributed by atoms with Gasteiger partial charge in [0.1, 0.15) is 11.4 Å². The topological polar surface area (TPSA) is 67.7 Å². The summed E-state index contributed by atoms with van der Waals surface area (Å²) in [4.78, 5) is 11.6. The fourth-order valence-corrected chi connectivity index (χ4v) is 5.19. The van der Waals surface area contributed by atoms with Gasteiger partial charge in [-0.25, -0.2) is 9.97 Å². The highest BCUT2D eigenvalue weighted by Crippen LogP contribution is 2.46. The minimum atomic E-state index is -0.177. The molecule has 3 aliphatic heterocycles. The summed E-state index contributed by atoms with van der Waals surface area (Å²) >= 11 is 6.58. The molecular formula is C23H26ClN3O3. The van der Waals surface area contributed by atoms with Crippen LogP contribution in [-0.2, 0) is 17.8 Å². The molecule has 0 saturated carbocycles. The third-order valence-corrected chi connectivity index (χ3v) is 7.22. The molecule has 1 atom stereocenters. The Hall–Kier alpha value is -2.15. The standard InChI is InChI=1S/C23H26ClN3O3/c1-14-15(2)30-13-23(14)6-8-27(9-7-23)22-19(12-28)26-18(11-25-22)17-4-3-16-5-10-29-21(16)20(17)24/h3-4,11,15,28H,1,5-10,12-13H2,2H3/t15-/m0/s1. The van der Waals surface area contributed by atoms with E-state index in [0.29, 0.717) is 23.0 Å². The van der Waals surface area contributed by atoms with Gasteiger partial charge in [0.15, 0.2) is 5.82 Å². The van der Waals surface area contributed by atoms with Crippen molar-refractivity contribution in [2.45, 2.75) is 38.9 Å². The largest absolute Gasteiger partial charge is 0.491 e. The number of piperidine rings is 1. The highest BCUT2D eigenvalue weighted by molar-refractivity contribution is 6.35. The fraction of sp³-hybridized carbons (Fsp3) is 0.478. The number of benzene rings is 1. The molecule has 0 aliphatic carbocycles. The lowest BCUT2D eigenvalue weighted by atomic mass is 9.74. The third kappa shape index (κ3) is 3.09. The molecule has 2 fully saturated rings. The summed E-state index contributed by atoms with van der Waals surface area (Å²) in [5.41, 5.74) is 4.38. The van der Waals surface area contributed by atoms with Gasteiger partial charge in [0.25, 0.3) is 0 Å². The summed E-state index contributed by atoms with van der Waals surface area (Å²) in [5.74, 6) is 1.47. The zero-order chi connectivity index (χ0) is 20.9. The van der Waals surface area contributed by atoms with E-state index in [9.17, 15) is 5.11 Å². The van der Waals surface area contributed by atoms with E-state index < -0.39 is 0 Å². The van der Waals surface area contributed by atoms with Crippen molar-refractivity contribution in [1.82, 2.24) is 9.97 Å². The smallest absolute Gasteiger partial charge is 0.152 e. The first kappa shape index (κ1) is 19.8. The molecule has 2 saturated heterocycles. The normalized spacial score (nSPS) is 22.4. The van der Waals surface area contributed by atoms with E-state index >= 15 is 0 Å². The average molecular weight is 428 g/mol. The van der Waals surface area contributed by atoms with Gasteiger partial charge < -0.3 is 19.5 Å². The number of hydrogen-bond donors (Lipinski definition) is 1. The van der Waals surface area contributed by atoms with Gasteiger partial charge in [-0.05, 0) is 30.9 Å². The third-order valence-electron chi connectivity index (χ3n) is 6.85. The number of nitrogens with zero attached hydrogens (tertiary/aromatic N) is 3. The summed E-state index contributed by atoms with van der Waals surface area (Å²) in [5, 5.41) is 10.6. The maximum absolute atomic E-state index is 10.0. The van der Waals surface area contributed by atoms with Crippen LogP contribution in [0.1, 0.15) is 31.0 Å². The van der Waals surface area contributed by atoms with Crippen molar-refractivity contribution in [3.05, 3.63) is 46.8 Å². The van der Waals surface area contributed by atoms with Crippen LogP contribution >= 0.6 is 11.6 Å². The number of aliphatic hydroxyl groups excluding tert-OH is 1. The maximum Gasteiger partial charge on any atom is 0.152 e. The summed E-state index contributed by atoms with van der Waals surface area (Å²) < 4.78 is 11.5. The minimum absolute atomic E-state index is 0.0700. The first-order valence-corrected chi connectivity index (χ1v) is 10.9. The Labute approximate surface area is 181 Å². The Kier molecular flexibility index (Phi) is 4.96.